The SMILES string of the molecule is C=CC(=O)OCCCCCCOc1ccc(-c2ccc(C#Cc3ccc4c(c3)C(C)(C)c3cc(C#Cc5ccc(-c6ccc(OCCCCCCOC(=O)C=C)cc6)s5)ccc3-4)s2)cc1. The van der Waals surface area contributed by atoms with Crippen LogP contribution in [0.25, 0.3) is 32.0 Å². The van der Waals surface area contributed by atoms with Gasteiger partial charge in [0.2, 0.25) is 0 Å². The molecule has 2 aromatic heterocycles. The highest BCUT2D eigenvalue weighted by molar-refractivity contribution is 7.16. The largest absolute Gasteiger partial charge is 0.494 e. The molecule has 1 aliphatic carbocycles. The Morgan fingerprint density at radius 1 is 0.508 bits per heavy atom. The Hall–Kier alpha value is -6.58. The molecule has 0 amide bonds. The van der Waals surface area contributed by atoms with Crippen molar-refractivity contribution in [2.45, 2.75) is 70.6 Å². The average molecular weight is 899 g/mol. The number of esters is 2. The first-order valence-electron chi connectivity index (χ1n) is 22.3. The van der Waals surface area contributed by atoms with E-state index in [-0.39, 0.29) is 17.4 Å². The molecule has 0 fully saturated rings. The second-order valence-corrected chi connectivity index (χ2v) is 18.5. The Labute approximate surface area is 392 Å². The summed E-state index contributed by atoms with van der Waals surface area (Å²) in [6.45, 7) is 13.6. The van der Waals surface area contributed by atoms with Gasteiger partial charge in [0.05, 0.1) is 36.2 Å². The fraction of sp³-hybridized carbons (Fsp3) is 0.263. The Morgan fingerprint density at radius 2 is 0.908 bits per heavy atom. The third kappa shape index (κ3) is 12.8. The van der Waals surface area contributed by atoms with Crippen molar-refractivity contribution >= 4 is 34.6 Å². The molecule has 0 saturated heterocycles. The fourth-order valence-corrected chi connectivity index (χ4v) is 9.40. The van der Waals surface area contributed by atoms with Crippen LogP contribution in [0.15, 0.2) is 135 Å². The highest BCUT2D eigenvalue weighted by Gasteiger charge is 2.35. The van der Waals surface area contributed by atoms with Crippen LogP contribution < -0.4 is 9.47 Å². The number of carbonyl (C=O) groups is 2. The minimum atomic E-state index is -0.367. The summed E-state index contributed by atoms with van der Waals surface area (Å²) in [5.74, 6) is 14.7. The zero-order valence-corrected chi connectivity index (χ0v) is 38.8. The van der Waals surface area contributed by atoms with Crippen molar-refractivity contribution in [3.05, 3.63) is 167 Å². The molecule has 4 aromatic carbocycles. The van der Waals surface area contributed by atoms with Crippen molar-refractivity contribution in [1.29, 1.82) is 0 Å². The molecule has 7 rings (SSSR count). The Morgan fingerprint density at radius 3 is 1.31 bits per heavy atom. The molecule has 0 aliphatic heterocycles. The molecule has 0 unspecified atom stereocenters. The van der Waals surface area contributed by atoms with Crippen LogP contribution in [-0.4, -0.2) is 38.4 Å². The fourth-order valence-electron chi connectivity index (χ4n) is 7.67. The number of unbranched alkanes of at least 4 members (excludes halogenated alkanes) is 6. The highest BCUT2D eigenvalue weighted by atomic mass is 32.1. The first-order valence-corrected chi connectivity index (χ1v) is 23.9. The van der Waals surface area contributed by atoms with E-state index >= 15 is 0 Å². The van der Waals surface area contributed by atoms with Crippen LogP contribution in [0.3, 0.4) is 0 Å². The smallest absolute Gasteiger partial charge is 0.330 e. The van der Waals surface area contributed by atoms with E-state index in [0.717, 1.165) is 94.9 Å². The van der Waals surface area contributed by atoms with Gasteiger partial charge >= 0.3 is 11.9 Å². The van der Waals surface area contributed by atoms with Crippen molar-refractivity contribution < 1.29 is 28.5 Å². The lowest BCUT2D eigenvalue weighted by Crippen LogP contribution is -2.15. The van der Waals surface area contributed by atoms with Gasteiger partial charge in [-0.2, -0.15) is 0 Å². The number of hydrogen-bond acceptors (Lipinski definition) is 8. The molecule has 0 atom stereocenters. The molecule has 0 bridgehead atoms. The summed E-state index contributed by atoms with van der Waals surface area (Å²) in [5.41, 5.74) is 9.17. The van der Waals surface area contributed by atoms with Gasteiger partial charge in [0.15, 0.2) is 0 Å². The van der Waals surface area contributed by atoms with Crippen LogP contribution >= 0.6 is 22.7 Å². The minimum absolute atomic E-state index is 0.190. The van der Waals surface area contributed by atoms with Gasteiger partial charge in [0.1, 0.15) is 11.5 Å². The number of fused-ring (bicyclic) bond motifs is 3. The molecule has 65 heavy (non-hydrogen) atoms. The Balaban J connectivity index is 0.891. The maximum atomic E-state index is 11.1. The van der Waals surface area contributed by atoms with Gasteiger partial charge in [-0.05, 0) is 182 Å². The predicted molar refractivity (Wildman–Crippen MR) is 266 cm³/mol. The van der Waals surface area contributed by atoms with E-state index in [1.54, 1.807) is 22.7 Å². The number of benzene rings is 4. The van der Waals surface area contributed by atoms with Crippen LogP contribution in [0.1, 0.15) is 97.2 Å². The Kier molecular flexibility index (Phi) is 16.3. The number of hydrogen-bond donors (Lipinski definition) is 0. The maximum absolute atomic E-state index is 11.1. The van der Waals surface area contributed by atoms with Crippen molar-refractivity contribution in [1.82, 2.24) is 0 Å². The number of thiophene rings is 2. The van der Waals surface area contributed by atoms with E-state index in [4.69, 9.17) is 18.9 Å². The number of ether oxygens (including phenoxy) is 4. The van der Waals surface area contributed by atoms with E-state index in [9.17, 15) is 9.59 Å². The molecule has 6 aromatic rings. The lowest BCUT2D eigenvalue weighted by atomic mass is 9.81. The molecule has 0 radical (unpaired) electrons. The van der Waals surface area contributed by atoms with E-state index in [2.05, 4.69) is 136 Å². The summed E-state index contributed by atoms with van der Waals surface area (Å²) in [7, 11) is 0. The van der Waals surface area contributed by atoms with Gasteiger partial charge in [-0.1, -0.05) is 62.8 Å². The standard InChI is InChI=1S/C57H54O6S2/c1-5-55(58)62-37-13-9-7-11-35-60-45-23-19-43(20-24-45)53-33-29-47(64-53)27-15-41-17-31-49-50-32-18-42(40-52(50)57(3,4)51(49)39-41)16-28-48-30-34-54(65-48)44-21-25-46(26-22-44)61-36-12-8-10-14-38-63-56(59)6-2/h5-6,17-26,29-34,39-40H,1-2,7-14,35-38H2,3-4H3. The summed E-state index contributed by atoms with van der Waals surface area (Å²) in [6.07, 6.45) is 10.0. The highest BCUT2D eigenvalue weighted by Crippen LogP contribution is 2.49. The molecule has 330 valence electrons. The van der Waals surface area contributed by atoms with E-state index in [0.29, 0.717) is 26.4 Å². The quantitative estimate of drug-likeness (QED) is 0.0329. The summed E-state index contributed by atoms with van der Waals surface area (Å²) in [4.78, 5) is 26.6. The van der Waals surface area contributed by atoms with Gasteiger partial charge < -0.3 is 18.9 Å². The number of rotatable bonds is 20. The molecular formula is C57H54O6S2. The molecule has 0 N–H and O–H groups in total. The normalized spacial score (nSPS) is 11.8. The summed E-state index contributed by atoms with van der Waals surface area (Å²) < 4.78 is 22.0. The zero-order valence-electron chi connectivity index (χ0n) is 37.2. The van der Waals surface area contributed by atoms with Crippen LogP contribution in [-0.2, 0) is 24.5 Å². The monoisotopic (exact) mass is 898 g/mol. The van der Waals surface area contributed by atoms with E-state index in [1.807, 2.05) is 24.3 Å². The van der Waals surface area contributed by atoms with Crippen molar-refractivity contribution in [3.8, 4) is 67.2 Å². The summed E-state index contributed by atoms with van der Waals surface area (Å²) in [5, 5.41) is 0. The summed E-state index contributed by atoms with van der Waals surface area (Å²) in [6, 6.07) is 38.2. The van der Waals surface area contributed by atoms with E-state index < -0.39 is 0 Å². The molecule has 0 saturated carbocycles. The second kappa shape index (κ2) is 22.9. The maximum Gasteiger partial charge on any atom is 0.330 e. The predicted octanol–water partition coefficient (Wildman–Crippen LogP) is 13.6. The van der Waals surface area contributed by atoms with Gasteiger partial charge in [-0.3, -0.25) is 0 Å². The van der Waals surface area contributed by atoms with Crippen molar-refractivity contribution in [2.75, 3.05) is 26.4 Å². The second-order valence-electron chi connectivity index (χ2n) is 16.3. The molecule has 0 spiro atoms. The van der Waals surface area contributed by atoms with Gasteiger partial charge in [0, 0.05) is 38.4 Å². The minimum Gasteiger partial charge on any atom is -0.494 e. The van der Waals surface area contributed by atoms with Gasteiger partial charge in [0.25, 0.3) is 0 Å². The summed E-state index contributed by atoms with van der Waals surface area (Å²) >= 11 is 3.39. The van der Waals surface area contributed by atoms with Crippen LogP contribution in [0.2, 0.25) is 0 Å². The lowest BCUT2D eigenvalue weighted by molar-refractivity contribution is -0.138. The first kappa shape index (κ1) is 46.4. The van der Waals surface area contributed by atoms with Crippen LogP contribution in [0.4, 0.5) is 0 Å². The van der Waals surface area contributed by atoms with Crippen molar-refractivity contribution in [2.24, 2.45) is 0 Å². The zero-order chi connectivity index (χ0) is 45.4. The number of carbonyl (C=O) groups excluding carboxylic acids is 2. The third-order valence-electron chi connectivity index (χ3n) is 11.3. The first-order chi connectivity index (χ1) is 31.7. The molecule has 8 heteroatoms. The topological polar surface area (TPSA) is 71.1 Å². The Bertz CT molecular complexity index is 2540. The van der Waals surface area contributed by atoms with Gasteiger partial charge in [-0.15, -0.1) is 22.7 Å². The molecule has 2 heterocycles. The average Bonchev–Trinajstić information content (AvgIpc) is 4.07. The van der Waals surface area contributed by atoms with Crippen LogP contribution in [0.5, 0.6) is 11.5 Å². The molecular weight excluding hydrogens is 845 g/mol. The van der Waals surface area contributed by atoms with Crippen molar-refractivity contribution in [3.63, 3.8) is 0 Å². The molecule has 6 nitrogen and oxygen atoms in total. The molecule has 1 aliphatic rings. The van der Waals surface area contributed by atoms with Crippen LogP contribution in [0, 0.1) is 23.7 Å². The van der Waals surface area contributed by atoms with E-state index in [1.165, 1.54) is 44.2 Å². The third-order valence-corrected chi connectivity index (χ3v) is 13.4. The lowest BCUT2D eigenvalue weighted by Gasteiger charge is -2.21. The van der Waals surface area contributed by atoms with Gasteiger partial charge in [-0.25, -0.2) is 9.59 Å².